The van der Waals surface area contributed by atoms with Gasteiger partial charge >= 0.3 is 0 Å². The van der Waals surface area contributed by atoms with Crippen LogP contribution in [-0.2, 0) is 0 Å². The Morgan fingerprint density at radius 3 is 2.32 bits per heavy atom. The number of hydrogen-bond acceptors (Lipinski definition) is 2. The summed E-state index contributed by atoms with van der Waals surface area (Å²) in [7, 11) is 0. The van der Waals surface area contributed by atoms with Crippen LogP contribution in [0.1, 0.15) is 22.3 Å². The van der Waals surface area contributed by atoms with Crippen LogP contribution in [0.15, 0.2) is 43.0 Å². The van der Waals surface area contributed by atoms with Crippen molar-refractivity contribution in [3.63, 3.8) is 0 Å². The Hall–Kier alpha value is -2.22. The minimum Gasteiger partial charge on any atom is -0.507 e. The van der Waals surface area contributed by atoms with Crippen LogP contribution in [0.4, 0.5) is 5.69 Å². The second kappa shape index (κ2) is 5.19. The molecule has 0 heterocycles. The monoisotopic (exact) mass is 253 g/mol. The molecule has 0 aliphatic rings. The Kier molecular flexibility index (Phi) is 3.61. The van der Waals surface area contributed by atoms with E-state index in [0.29, 0.717) is 5.70 Å². The van der Waals surface area contributed by atoms with Gasteiger partial charge in [0.15, 0.2) is 0 Å². The number of aryl methyl sites for hydroxylation is 3. The summed E-state index contributed by atoms with van der Waals surface area (Å²) >= 11 is 0. The molecule has 2 nitrogen and oxygen atoms in total. The van der Waals surface area contributed by atoms with Crippen molar-refractivity contribution in [2.75, 3.05) is 5.32 Å². The SMILES string of the molecule is C=C(Nc1ccc(C)cc1C)c1cc(C)ccc1O. The lowest BCUT2D eigenvalue weighted by molar-refractivity contribution is 0.473. The molecule has 2 rings (SSSR count). The molecule has 0 spiro atoms. The zero-order valence-electron chi connectivity index (χ0n) is 11.6. The summed E-state index contributed by atoms with van der Waals surface area (Å²) in [4.78, 5) is 0. The molecular weight excluding hydrogens is 234 g/mol. The van der Waals surface area contributed by atoms with Crippen LogP contribution in [-0.4, -0.2) is 5.11 Å². The smallest absolute Gasteiger partial charge is 0.124 e. The lowest BCUT2D eigenvalue weighted by Crippen LogP contribution is -2.00. The van der Waals surface area contributed by atoms with Gasteiger partial charge in [-0.15, -0.1) is 0 Å². The van der Waals surface area contributed by atoms with E-state index in [1.54, 1.807) is 6.07 Å². The predicted molar refractivity (Wildman–Crippen MR) is 81.4 cm³/mol. The molecule has 98 valence electrons. The fourth-order valence-electron chi connectivity index (χ4n) is 2.08. The molecule has 2 aromatic carbocycles. The van der Waals surface area contributed by atoms with Crippen LogP contribution in [0.25, 0.3) is 5.70 Å². The van der Waals surface area contributed by atoms with E-state index in [1.807, 2.05) is 25.1 Å². The van der Waals surface area contributed by atoms with Crippen molar-refractivity contribution in [1.29, 1.82) is 0 Å². The molecule has 0 atom stereocenters. The third-order valence-corrected chi connectivity index (χ3v) is 3.14. The normalized spacial score (nSPS) is 10.3. The summed E-state index contributed by atoms with van der Waals surface area (Å²) in [6.07, 6.45) is 0. The lowest BCUT2D eigenvalue weighted by atomic mass is 10.1. The Morgan fingerprint density at radius 1 is 1.00 bits per heavy atom. The maximum absolute atomic E-state index is 9.90. The molecule has 0 saturated heterocycles. The quantitative estimate of drug-likeness (QED) is 0.849. The third kappa shape index (κ3) is 2.97. The average molecular weight is 253 g/mol. The molecule has 0 unspecified atom stereocenters. The second-order valence-electron chi connectivity index (χ2n) is 4.94. The van der Waals surface area contributed by atoms with E-state index in [0.717, 1.165) is 22.4 Å². The van der Waals surface area contributed by atoms with Crippen LogP contribution in [0.3, 0.4) is 0 Å². The zero-order valence-corrected chi connectivity index (χ0v) is 11.6. The van der Waals surface area contributed by atoms with Crippen LogP contribution >= 0.6 is 0 Å². The van der Waals surface area contributed by atoms with Crippen molar-refractivity contribution >= 4 is 11.4 Å². The summed E-state index contributed by atoms with van der Waals surface area (Å²) < 4.78 is 0. The summed E-state index contributed by atoms with van der Waals surface area (Å²) in [5.74, 6) is 0.243. The van der Waals surface area contributed by atoms with Crippen molar-refractivity contribution in [3.05, 3.63) is 65.2 Å². The summed E-state index contributed by atoms with van der Waals surface area (Å²) in [6, 6.07) is 11.7. The van der Waals surface area contributed by atoms with Gasteiger partial charge in [-0.3, -0.25) is 0 Å². The Labute approximate surface area is 114 Å². The molecule has 0 aliphatic carbocycles. The van der Waals surface area contributed by atoms with Crippen LogP contribution in [0.5, 0.6) is 5.75 Å². The van der Waals surface area contributed by atoms with E-state index < -0.39 is 0 Å². The van der Waals surface area contributed by atoms with Gasteiger partial charge in [0.05, 0.1) is 0 Å². The predicted octanol–water partition coefficient (Wildman–Crippen LogP) is 4.40. The number of anilines is 1. The van der Waals surface area contributed by atoms with E-state index in [4.69, 9.17) is 0 Å². The minimum atomic E-state index is 0.243. The molecule has 0 aromatic heterocycles. The molecule has 0 fully saturated rings. The largest absolute Gasteiger partial charge is 0.507 e. The lowest BCUT2D eigenvalue weighted by Gasteiger charge is -2.14. The Balaban J connectivity index is 2.28. The first-order valence-electron chi connectivity index (χ1n) is 6.30. The first-order valence-corrected chi connectivity index (χ1v) is 6.30. The van der Waals surface area contributed by atoms with Crippen LogP contribution in [0.2, 0.25) is 0 Å². The number of rotatable bonds is 3. The maximum atomic E-state index is 9.90. The summed E-state index contributed by atoms with van der Waals surface area (Å²) in [5.41, 5.74) is 5.93. The molecule has 2 N–H and O–H groups in total. The average Bonchev–Trinajstić information content (AvgIpc) is 2.35. The van der Waals surface area contributed by atoms with Gasteiger partial charge < -0.3 is 10.4 Å². The Morgan fingerprint density at radius 2 is 1.63 bits per heavy atom. The minimum absolute atomic E-state index is 0.243. The van der Waals surface area contributed by atoms with Crippen molar-refractivity contribution in [3.8, 4) is 5.75 Å². The maximum Gasteiger partial charge on any atom is 0.124 e. The Bertz CT molecular complexity index is 629. The second-order valence-corrected chi connectivity index (χ2v) is 4.94. The molecule has 2 heteroatoms. The van der Waals surface area contributed by atoms with Gasteiger partial charge in [0.2, 0.25) is 0 Å². The highest BCUT2D eigenvalue weighted by Gasteiger charge is 2.07. The first-order chi connectivity index (χ1) is 8.97. The van der Waals surface area contributed by atoms with Crippen molar-refractivity contribution in [2.24, 2.45) is 0 Å². The van der Waals surface area contributed by atoms with E-state index in [9.17, 15) is 5.11 Å². The number of nitrogens with one attached hydrogen (secondary N) is 1. The number of phenolic OH excluding ortho intramolecular Hbond substituents is 1. The van der Waals surface area contributed by atoms with Gasteiger partial charge in [-0.1, -0.05) is 35.9 Å². The molecule has 2 aromatic rings. The van der Waals surface area contributed by atoms with Gasteiger partial charge in [0.1, 0.15) is 5.75 Å². The third-order valence-electron chi connectivity index (χ3n) is 3.14. The highest BCUT2D eigenvalue weighted by atomic mass is 16.3. The fourth-order valence-corrected chi connectivity index (χ4v) is 2.08. The van der Waals surface area contributed by atoms with Gasteiger partial charge in [-0.25, -0.2) is 0 Å². The topological polar surface area (TPSA) is 32.3 Å². The van der Waals surface area contributed by atoms with E-state index in [2.05, 4.69) is 37.9 Å². The molecule has 19 heavy (non-hydrogen) atoms. The van der Waals surface area contributed by atoms with Crippen LogP contribution in [0, 0.1) is 20.8 Å². The van der Waals surface area contributed by atoms with E-state index >= 15 is 0 Å². The number of phenols is 1. The van der Waals surface area contributed by atoms with Crippen molar-refractivity contribution in [2.45, 2.75) is 20.8 Å². The fraction of sp³-hybridized carbons (Fsp3) is 0.176. The molecule has 0 aliphatic heterocycles. The highest BCUT2D eigenvalue weighted by molar-refractivity contribution is 5.79. The first kappa shape index (κ1) is 13.2. The summed E-state index contributed by atoms with van der Waals surface area (Å²) in [6.45, 7) is 10.1. The molecule has 0 saturated carbocycles. The van der Waals surface area contributed by atoms with Gasteiger partial charge in [0.25, 0.3) is 0 Å². The number of aromatic hydroxyl groups is 1. The van der Waals surface area contributed by atoms with Gasteiger partial charge in [0, 0.05) is 16.9 Å². The molecule has 0 bridgehead atoms. The van der Waals surface area contributed by atoms with Crippen molar-refractivity contribution in [1.82, 2.24) is 0 Å². The van der Waals surface area contributed by atoms with Gasteiger partial charge in [-0.2, -0.15) is 0 Å². The molecule has 0 radical (unpaired) electrons. The molecule has 0 amide bonds. The van der Waals surface area contributed by atoms with Gasteiger partial charge in [-0.05, 0) is 44.5 Å². The van der Waals surface area contributed by atoms with Crippen molar-refractivity contribution < 1.29 is 5.11 Å². The zero-order chi connectivity index (χ0) is 14.0. The number of hydrogen-bond donors (Lipinski definition) is 2. The highest BCUT2D eigenvalue weighted by Crippen LogP contribution is 2.27. The van der Waals surface area contributed by atoms with Crippen LogP contribution < -0.4 is 5.32 Å². The number of benzene rings is 2. The molecular formula is C17H19NO. The van der Waals surface area contributed by atoms with E-state index in [1.165, 1.54) is 5.56 Å². The summed E-state index contributed by atoms with van der Waals surface area (Å²) in [5, 5.41) is 13.2. The standard InChI is InChI=1S/C17H19NO/c1-11-5-7-16(13(3)9-11)18-14(4)15-10-12(2)6-8-17(15)19/h5-10,18-19H,4H2,1-3H3. The van der Waals surface area contributed by atoms with E-state index in [-0.39, 0.29) is 5.75 Å².